The van der Waals surface area contributed by atoms with Gasteiger partial charge in [-0.15, -0.1) is 0 Å². The van der Waals surface area contributed by atoms with Crippen molar-refractivity contribution in [1.82, 2.24) is 10.3 Å². The van der Waals surface area contributed by atoms with Crippen molar-refractivity contribution in [1.29, 1.82) is 0 Å². The summed E-state index contributed by atoms with van der Waals surface area (Å²) in [7, 11) is 0. The van der Waals surface area contributed by atoms with Crippen LogP contribution >= 0.6 is 0 Å². The number of carbonyl (C=O) groups excluding carboxylic acids is 1. The minimum absolute atomic E-state index is 0.0901. The number of H-pyrrole nitrogens is 1. The molecule has 0 spiro atoms. The van der Waals surface area contributed by atoms with Crippen molar-refractivity contribution in [3.05, 3.63) is 71.7 Å². The van der Waals surface area contributed by atoms with Gasteiger partial charge in [-0.2, -0.15) is 0 Å². The Bertz CT molecular complexity index is 811. The quantitative estimate of drug-likeness (QED) is 0.678. The van der Waals surface area contributed by atoms with E-state index >= 15 is 0 Å². The van der Waals surface area contributed by atoms with Crippen molar-refractivity contribution in [2.45, 2.75) is 12.5 Å². The Morgan fingerprint density at radius 3 is 2.70 bits per heavy atom. The number of aliphatic hydroxyl groups is 1. The fourth-order valence-corrected chi connectivity index (χ4v) is 2.53. The molecule has 1 aromatic heterocycles. The summed E-state index contributed by atoms with van der Waals surface area (Å²) in [6, 6.07) is 13.4. The third-order valence-electron chi connectivity index (χ3n) is 3.77. The second kappa shape index (κ2) is 6.62. The topological polar surface area (TPSA) is 65.1 Å². The first-order valence-corrected chi connectivity index (χ1v) is 7.38. The van der Waals surface area contributed by atoms with Crippen LogP contribution in [0.4, 0.5) is 4.39 Å². The van der Waals surface area contributed by atoms with Crippen LogP contribution in [0.25, 0.3) is 10.9 Å². The van der Waals surface area contributed by atoms with Gasteiger partial charge in [0, 0.05) is 23.6 Å². The number of hydrogen-bond donors (Lipinski definition) is 3. The van der Waals surface area contributed by atoms with Crippen LogP contribution in [0.3, 0.4) is 0 Å². The van der Waals surface area contributed by atoms with Gasteiger partial charge >= 0.3 is 0 Å². The van der Waals surface area contributed by atoms with Crippen LogP contribution in [0.1, 0.15) is 17.2 Å². The molecule has 3 rings (SSSR count). The highest BCUT2D eigenvalue weighted by Gasteiger charge is 2.12. The number of aromatic nitrogens is 1. The average Bonchev–Trinajstić information content (AvgIpc) is 2.96. The number of aromatic amines is 1. The predicted molar refractivity (Wildman–Crippen MR) is 86.4 cm³/mol. The second-order valence-corrected chi connectivity index (χ2v) is 5.41. The second-order valence-electron chi connectivity index (χ2n) is 5.41. The van der Waals surface area contributed by atoms with Crippen molar-refractivity contribution < 1.29 is 14.3 Å². The van der Waals surface area contributed by atoms with Crippen LogP contribution in [0.5, 0.6) is 0 Å². The number of benzene rings is 2. The van der Waals surface area contributed by atoms with Crippen LogP contribution in [0.15, 0.2) is 54.7 Å². The number of aliphatic hydroxyl groups excluding tert-OH is 1. The van der Waals surface area contributed by atoms with Gasteiger partial charge in [-0.3, -0.25) is 4.79 Å². The molecule has 5 heteroatoms. The summed E-state index contributed by atoms with van der Waals surface area (Å²) in [6.45, 7) is 0.0901. The van der Waals surface area contributed by atoms with Gasteiger partial charge in [-0.05, 0) is 29.3 Å². The highest BCUT2D eigenvalue weighted by molar-refractivity contribution is 5.88. The van der Waals surface area contributed by atoms with E-state index in [9.17, 15) is 14.3 Å². The van der Waals surface area contributed by atoms with Crippen LogP contribution < -0.4 is 5.32 Å². The summed E-state index contributed by atoms with van der Waals surface area (Å²) >= 11 is 0. The molecule has 0 bridgehead atoms. The normalized spacial score (nSPS) is 12.3. The third-order valence-corrected chi connectivity index (χ3v) is 3.77. The van der Waals surface area contributed by atoms with Gasteiger partial charge in [-0.1, -0.05) is 30.3 Å². The average molecular weight is 312 g/mol. The summed E-state index contributed by atoms with van der Waals surface area (Å²) in [4.78, 5) is 15.2. The molecule has 1 atom stereocenters. The Labute approximate surface area is 133 Å². The molecule has 3 aromatic rings. The molecule has 1 amide bonds. The smallest absolute Gasteiger partial charge is 0.224 e. The Morgan fingerprint density at radius 1 is 1.17 bits per heavy atom. The molecule has 118 valence electrons. The number of rotatable bonds is 5. The SMILES string of the molecule is O=C(Cc1c[nH]c2ccccc12)NCC(O)c1ccc(F)cc1. The molecule has 23 heavy (non-hydrogen) atoms. The van der Waals surface area contributed by atoms with Crippen molar-refractivity contribution in [3.63, 3.8) is 0 Å². The molecule has 4 nitrogen and oxygen atoms in total. The van der Waals surface area contributed by atoms with Crippen LogP contribution in [-0.2, 0) is 11.2 Å². The summed E-state index contributed by atoms with van der Waals surface area (Å²) in [5.74, 6) is -0.528. The highest BCUT2D eigenvalue weighted by atomic mass is 19.1. The lowest BCUT2D eigenvalue weighted by atomic mass is 10.1. The Morgan fingerprint density at radius 2 is 1.91 bits per heavy atom. The minimum atomic E-state index is -0.859. The molecule has 2 aromatic carbocycles. The van der Waals surface area contributed by atoms with Gasteiger partial charge in [-0.25, -0.2) is 4.39 Å². The Kier molecular flexibility index (Phi) is 4.39. The molecule has 0 aliphatic heterocycles. The number of amides is 1. The van der Waals surface area contributed by atoms with E-state index in [4.69, 9.17) is 0 Å². The lowest BCUT2D eigenvalue weighted by molar-refractivity contribution is -0.120. The zero-order valence-electron chi connectivity index (χ0n) is 12.4. The van der Waals surface area contributed by atoms with E-state index in [1.165, 1.54) is 24.3 Å². The molecule has 3 N–H and O–H groups in total. The fraction of sp³-hybridized carbons (Fsp3) is 0.167. The standard InChI is InChI=1S/C18H17FN2O2/c19-14-7-5-12(6-8-14)17(22)11-21-18(23)9-13-10-20-16-4-2-1-3-15(13)16/h1-8,10,17,20,22H,9,11H2,(H,21,23). The first-order valence-electron chi connectivity index (χ1n) is 7.38. The van der Waals surface area contributed by atoms with Crippen molar-refractivity contribution in [2.24, 2.45) is 0 Å². The van der Waals surface area contributed by atoms with Gasteiger partial charge in [0.1, 0.15) is 5.82 Å². The Hall–Kier alpha value is -2.66. The molecule has 0 fully saturated rings. The first kappa shape index (κ1) is 15.2. The van der Waals surface area contributed by atoms with Gasteiger partial charge in [0.15, 0.2) is 0 Å². The first-order chi connectivity index (χ1) is 11.1. The van der Waals surface area contributed by atoms with Gasteiger partial charge < -0.3 is 15.4 Å². The van der Waals surface area contributed by atoms with Gasteiger partial charge in [0.25, 0.3) is 0 Å². The fourth-order valence-electron chi connectivity index (χ4n) is 2.53. The van der Waals surface area contributed by atoms with Gasteiger partial charge in [0.2, 0.25) is 5.91 Å². The van der Waals surface area contributed by atoms with Crippen molar-refractivity contribution >= 4 is 16.8 Å². The molecule has 0 radical (unpaired) electrons. The third kappa shape index (κ3) is 3.57. The summed E-state index contributed by atoms with van der Waals surface area (Å²) in [6.07, 6.45) is 1.20. The lowest BCUT2D eigenvalue weighted by Crippen LogP contribution is -2.29. The molecule has 0 aliphatic carbocycles. The largest absolute Gasteiger partial charge is 0.387 e. The highest BCUT2D eigenvalue weighted by Crippen LogP contribution is 2.18. The van der Waals surface area contributed by atoms with E-state index in [2.05, 4.69) is 10.3 Å². The number of fused-ring (bicyclic) bond motifs is 1. The maximum Gasteiger partial charge on any atom is 0.224 e. The molecule has 0 aliphatic rings. The van der Waals surface area contributed by atoms with Crippen LogP contribution in [0.2, 0.25) is 0 Å². The molecule has 0 saturated carbocycles. The number of para-hydroxylation sites is 1. The van der Waals surface area contributed by atoms with E-state index in [1.807, 2.05) is 30.5 Å². The predicted octanol–water partition coefficient (Wildman–Crippen LogP) is 2.70. The maximum atomic E-state index is 12.8. The minimum Gasteiger partial charge on any atom is -0.387 e. The zero-order chi connectivity index (χ0) is 16.2. The number of nitrogens with one attached hydrogen (secondary N) is 2. The van der Waals surface area contributed by atoms with E-state index in [0.29, 0.717) is 5.56 Å². The van der Waals surface area contributed by atoms with E-state index in [0.717, 1.165) is 16.5 Å². The summed E-state index contributed by atoms with van der Waals surface area (Å²) in [5, 5.41) is 13.7. The number of halogens is 1. The van der Waals surface area contributed by atoms with Crippen molar-refractivity contribution in [3.8, 4) is 0 Å². The van der Waals surface area contributed by atoms with Gasteiger partial charge in [0.05, 0.1) is 12.5 Å². The van der Waals surface area contributed by atoms with Crippen LogP contribution in [-0.4, -0.2) is 22.5 Å². The Balaban J connectivity index is 1.58. The lowest BCUT2D eigenvalue weighted by Gasteiger charge is -2.12. The molecular formula is C18H17FN2O2. The van der Waals surface area contributed by atoms with E-state index in [-0.39, 0.29) is 24.7 Å². The number of carbonyl (C=O) groups is 1. The maximum absolute atomic E-state index is 12.8. The van der Waals surface area contributed by atoms with E-state index in [1.54, 1.807) is 0 Å². The van der Waals surface area contributed by atoms with E-state index < -0.39 is 6.10 Å². The summed E-state index contributed by atoms with van der Waals surface area (Å²) < 4.78 is 12.8. The molecule has 1 heterocycles. The zero-order valence-corrected chi connectivity index (χ0v) is 12.4. The van der Waals surface area contributed by atoms with Crippen LogP contribution in [0, 0.1) is 5.82 Å². The number of hydrogen-bond acceptors (Lipinski definition) is 2. The molecular weight excluding hydrogens is 295 g/mol. The molecule has 0 saturated heterocycles. The summed E-state index contributed by atoms with van der Waals surface area (Å²) in [5.41, 5.74) is 2.47. The van der Waals surface area contributed by atoms with Crippen molar-refractivity contribution in [2.75, 3.05) is 6.54 Å². The monoisotopic (exact) mass is 312 g/mol. The molecule has 1 unspecified atom stereocenters.